The zero-order valence-electron chi connectivity index (χ0n) is 13.3. The highest BCUT2D eigenvalue weighted by molar-refractivity contribution is 5.79. The SMILES string of the molecule is CN(CC(=O)O)[C@@H]1CN(C(=O)Cc2ccc3c(c2)OCO3)C[C@H]1O. The molecule has 8 heteroatoms. The molecule has 2 aliphatic rings. The maximum absolute atomic E-state index is 12.5. The standard InChI is InChI=1S/C16H20N2O6/c1-17(8-16(21)22)11-6-18(7-12(11)19)15(20)5-10-2-3-13-14(4-10)24-9-23-13/h2-4,11-12,19H,5-9H2,1H3,(H,21,22)/t11-,12-/m1/s1. The van der Waals surface area contributed by atoms with Crippen LogP contribution in [0.25, 0.3) is 0 Å². The highest BCUT2D eigenvalue weighted by Gasteiger charge is 2.36. The van der Waals surface area contributed by atoms with Crippen molar-refractivity contribution in [3.05, 3.63) is 23.8 Å². The molecule has 2 heterocycles. The van der Waals surface area contributed by atoms with Crippen LogP contribution in [0.4, 0.5) is 0 Å². The molecule has 0 bridgehead atoms. The number of nitrogens with zero attached hydrogens (tertiary/aromatic N) is 2. The summed E-state index contributed by atoms with van der Waals surface area (Å²) in [7, 11) is 1.63. The van der Waals surface area contributed by atoms with Gasteiger partial charge in [0.25, 0.3) is 0 Å². The van der Waals surface area contributed by atoms with Crippen LogP contribution in [0.5, 0.6) is 11.5 Å². The minimum absolute atomic E-state index is 0.112. The van der Waals surface area contributed by atoms with Crippen LogP contribution in [0.2, 0.25) is 0 Å². The highest BCUT2D eigenvalue weighted by atomic mass is 16.7. The Bertz CT molecular complexity index is 649. The lowest BCUT2D eigenvalue weighted by Crippen LogP contribution is -2.43. The van der Waals surface area contributed by atoms with E-state index in [4.69, 9.17) is 14.6 Å². The summed E-state index contributed by atoms with van der Waals surface area (Å²) in [6.07, 6.45) is -0.561. The Morgan fingerprint density at radius 2 is 2.04 bits per heavy atom. The van der Waals surface area contributed by atoms with Gasteiger partial charge in [0.1, 0.15) is 0 Å². The fourth-order valence-corrected chi connectivity index (χ4v) is 3.07. The van der Waals surface area contributed by atoms with Crippen molar-refractivity contribution in [1.82, 2.24) is 9.80 Å². The van der Waals surface area contributed by atoms with Gasteiger partial charge in [-0.05, 0) is 24.7 Å². The molecule has 2 atom stereocenters. The van der Waals surface area contributed by atoms with Crippen LogP contribution in [-0.2, 0) is 16.0 Å². The van der Waals surface area contributed by atoms with Gasteiger partial charge in [-0.15, -0.1) is 0 Å². The largest absolute Gasteiger partial charge is 0.480 e. The Balaban J connectivity index is 1.60. The van der Waals surface area contributed by atoms with Crippen LogP contribution >= 0.6 is 0 Å². The first-order valence-electron chi connectivity index (χ1n) is 7.70. The molecule has 1 aromatic rings. The summed E-state index contributed by atoms with van der Waals surface area (Å²) in [6.45, 7) is 0.529. The molecule has 1 saturated heterocycles. The molecule has 3 rings (SSSR count). The third-order valence-corrected chi connectivity index (χ3v) is 4.35. The van der Waals surface area contributed by atoms with Gasteiger partial charge in [0.2, 0.25) is 12.7 Å². The average Bonchev–Trinajstić information content (AvgIpc) is 3.12. The van der Waals surface area contributed by atoms with Gasteiger partial charge in [-0.1, -0.05) is 6.07 Å². The van der Waals surface area contributed by atoms with Crippen LogP contribution < -0.4 is 9.47 Å². The second kappa shape index (κ2) is 6.66. The van der Waals surface area contributed by atoms with E-state index in [0.29, 0.717) is 18.0 Å². The lowest BCUT2D eigenvalue weighted by molar-refractivity contribution is -0.138. The van der Waals surface area contributed by atoms with E-state index in [1.165, 1.54) is 0 Å². The van der Waals surface area contributed by atoms with Crippen molar-refractivity contribution in [1.29, 1.82) is 0 Å². The summed E-state index contributed by atoms with van der Waals surface area (Å²) in [5.74, 6) is 0.216. The fraction of sp³-hybridized carbons (Fsp3) is 0.500. The van der Waals surface area contributed by atoms with Crippen molar-refractivity contribution >= 4 is 11.9 Å². The molecule has 1 amide bonds. The molecule has 1 aromatic carbocycles. The number of amides is 1. The topological polar surface area (TPSA) is 99.5 Å². The predicted molar refractivity (Wildman–Crippen MR) is 82.9 cm³/mol. The summed E-state index contributed by atoms with van der Waals surface area (Å²) in [4.78, 5) is 26.4. The summed E-state index contributed by atoms with van der Waals surface area (Å²) < 4.78 is 10.5. The molecule has 130 valence electrons. The van der Waals surface area contributed by atoms with Gasteiger partial charge in [0.05, 0.1) is 25.1 Å². The number of carbonyl (C=O) groups excluding carboxylic acids is 1. The molecule has 0 aromatic heterocycles. The molecular formula is C16H20N2O6. The minimum atomic E-state index is -0.963. The number of fused-ring (bicyclic) bond motifs is 1. The molecular weight excluding hydrogens is 316 g/mol. The quantitative estimate of drug-likeness (QED) is 0.751. The Morgan fingerprint density at radius 3 is 2.79 bits per heavy atom. The molecule has 1 fully saturated rings. The number of aliphatic hydroxyl groups excluding tert-OH is 1. The number of hydrogen-bond acceptors (Lipinski definition) is 6. The molecule has 8 nitrogen and oxygen atoms in total. The van der Waals surface area contributed by atoms with E-state index in [1.807, 2.05) is 6.07 Å². The van der Waals surface area contributed by atoms with Gasteiger partial charge < -0.3 is 24.6 Å². The molecule has 0 unspecified atom stereocenters. The smallest absolute Gasteiger partial charge is 0.317 e. The molecule has 0 saturated carbocycles. The Kier molecular flexibility index (Phi) is 4.59. The number of carboxylic acids is 1. The lowest BCUT2D eigenvalue weighted by Gasteiger charge is -2.24. The third-order valence-electron chi connectivity index (χ3n) is 4.35. The average molecular weight is 336 g/mol. The number of likely N-dealkylation sites (tertiary alicyclic amines) is 1. The van der Waals surface area contributed by atoms with Gasteiger partial charge in [-0.25, -0.2) is 0 Å². The maximum Gasteiger partial charge on any atom is 0.317 e. The van der Waals surface area contributed by atoms with Crippen LogP contribution in [0.15, 0.2) is 18.2 Å². The van der Waals surface area contributed by atoms with E-state index in [0.717, 1.165) is 5.56 Å². The van der Waals surface area contributed by atoms with Crippen LogP contribution in [0.1, 0.15) is 5.56 Å². The number of carbonyl (C=O) groups is 2. The predicted octanol–water partition coefficient (Wildman–Crippen LogP) is -0.454. The van der Waals surface area contributed by atoms with Crippen molar-refractivity contribution in [2.45, 2.75) is 18.6 Å². The molecule has 2 aliphatic heterocycles. The normalized spacial score (nSPS) is 22.2. The van der Waals surface area contributed by atoms with Gasteiger partial charge in [0.15, 0.2) is 11.5 Å². The number of aliphatic carboxylic acids is 1. The van der Waals surface area contributed by atoms with Crippen molar-refractivity contribution in [2.24, 2.45) is 0 Å². The lowest BCUT2D eigenvalue weighted by atomic mass is 10.1. The minimum Gasteiger partial charge on any atom is -0.480 e. The van der Waals surface area contributed by atoms with Gasteiger partial charge in [-0.2, -0.15) is 0 Å². The van der Waals surface area contributed by atoms with Crippen molar-refractivity contribution < 1.29 is 29.3 Å². The van der Waals surface area contributed by atoms with E-state index < -0.39 is 12.1 Å². The zero-order chi connectivity index (χ0) is 17.3. The molecule has 0 spiro atoms. The second-order valence-corrected chi connectivity index (χ2v) is 6.11. The third kappa shape index (κ3) is 3.44. The van der Waals surface area contributed by atoms with Gasteiger partial charge in [-0.3, -0.25) is 14.5 Å². The number of carboxylic acid groups (broad SMARTS) is 1. The Labute approximate surface area is 139 Å². The highest BCUT2D eigenvalue weighted by Crippen LogP contribution is 2.32. The van der Waals surface area contributed by atoms with Crippen LogP contribution in [0, 0.1) is 0 Å². The van der Waals surface area contributed by atoms with Gasteiger partial charge in [0, 0.05) is 13.1 Å². The van der Waals surface area contributed by atoms with Gasteiger partial charge >= 0.3 is 5.97 Å². The number of rotatable bonds is 5. The summed E-state index contributed by atoms with van der Waals surface area (Å²) in [5, 5.41) is 19.0. The molecule has 0 radical (unpaired) electrons. The monoisotopic (exact) mass is 336 g/mol. The zero-order valence-corrected chi connectivity index (χ0v) is 13.3. The number of β-amino-alcohol motifs (C(OH)–C–C–N with tert-alkyl or cyclic N) is 1. The summed E-state index contributed by atoms with van der Waals surface area (Å²) in [6, 6.07) is 4.99. The van der Waals surface area contributed by atoms with Crippen LogP contribution in [0.3, 0.4) is 0 Å². The number of benzene rings is 1. The van der Waals surface area contributed by atoms with Crippen LogP contribution in [-0.4, -0.2) is 77.5 Å². The van der Waals surface area contributed by atoms with Crippen molar-refractivity contribution in [2.75, 3.05) is 33.5 Å². The van der Waals surface area contributed by atoms with E-state index in [-0.39, 0.29) is 38.3 Å². The van der Waals surface area contributed by atoms with E-state index in [9.17, 15) is 14.7 Å². The number of aliphatic hydroxyl groups is 1. The van der Waals surface area contributed by atoms with E-state index in [1.54, 1.807) is 29.0 Å². The Hall–Kier alpha value is -2.32. The number of hydrogen-bond donors (Lipinski definition) is 2. The molecule has 24 heavy (non-hydrogen) atoms. The first kappa shape index (κ1) is 16.5. The number of ether oxygens (including phenoxy) is 2. The van der Waals surface area contributed by atoms with Crippen molar-refractivity contribution in [3.8, 4) is 11.5 Å². The first-order chi connectivity index (χ1) is 11.4. The second-order valence-electron chi connectivity index (χ2n) is 6.11. The summed E-state index contributed by atoms with van der Waals surface area (Å²) in [5.41, 5.74) is 0.807. The first-order valence-corrected chi connectivity index (χ1v) is 7.70. The van der Waals surface area contributed by atoms with Crippen molar-refractivity contribution in [3.63, 3.8) is 0 Å². The molecule has 2 N–H and O–H groups in total. The molecule has 0 aliphatic carbocycles. The number of likely N-dealkylation sites (N-methyl/N-ethyl adjacent to an activating group) is 1. The summed E-state index contributed by atoms with van der Waals surface area (Å²) >= 11 is 0. The maximum atomic E-state index is 12.5. The Morgan fingerprint density at radius 1 is 1.29 bits per heavy atom. The van der Waals surface area contributed by atoms with E-state index in [2.05, 4.69) is 0 Å². The fourth-order valence-electron chi connectivity index (χ4n) is 3.07. The van der Waals surface area contributed by atoms with E-state index >= 15 is 0 Å².